The number of nitrogens with zero attached hydrogens (tertiary/aromatic N) is 3. The van der Waals surface area contributed by atoms with Gasteiger partial charge in [-0.15, -0.1) is 11.3 Å². The standard InChI is InChI=1S/C18H12N4O5S/c23-17(9-4-12-2-1-3-15(10-12)22(26)27)20-18-19-16(11-28-18)13-5-7-14(8-6-13)21(24)25/h1-11H,(H,19,20,23)/b9-4+. The quantitative estimate of drug-likeness (QED) is 0.376. The molecule has 0 atom stereocenters. The summed E-state index contributed by atoms with van der Waals surface area (Å²) in [6.45, 7) is 0. The van der Waals surface area contributed by atoms with Crippen molar-refractivity contribution in [1.29, 1.82) is 0 Å². The summed E-state index contributed by atoms with van der Waals surface area (Å²) in [6.07, 6.45) is 2.72. The molecule has 3 rings (SSSR count). The molecule has 0 fully saturated rings. The van der Waals surface area contributed by atoms with Crippen molar-refractivity contribution < 1.29 is 14.6 Å². The molecule has 0 aliphatic carbocycles. The number of hydrogen-bond donors (Lipinski definition) is 1. The molecule has 0 aliphatic heterocycles. The number of benzene rings is 2. The number of thiazole rings is 1. The van der Waals surface area contributed by atoms with Crippen LogP contribution in [0.4, 0.5) is 16.5 Å². The van der Waals surface area contributed by atoms with Crippen LogP contribution in [0.5, 0.6) is 0 Å². The lowest BCUT2D eigenvalue weighted by Gasteiger charge is -1.98. The lowest BCUT2D eigenvalue weighted by Crippen LogP contribution is -2.07. The Balaban J connectivity index is 1.66. The van der Waals surface area contributed by atoms with Crippen molar-refractivity contribution in [1.82, 2.24) is 4.98 Å². The molecular formula is C18H12N4O5S. The van der Waals surface area contributed by atoms with Crippen LogP contribution in [0.2, 0.25) is 0 Å². The highest BCUT2D eigenvalue weighted by Crippen LogP contribution is 2.26. The van der Waals surface area contributed by atoms with E-state index < -0.39 is 15.8 Å². The number of nitrogens with one attached hydrogen (secondary N) is 1. The van der Waals surface area contributed by atoms with Crippen LogP contribution in [0.25, 0.3) is 17.3 Å². The van der Waals surface area contributed by atoms with Crippen LogP contribution in [0, 0.1) is 20.2 Å². The van der Waals surface area contributed by atoms with Crippen LogP contribution >= 0.6 is 11.3 Å². The Morgan fingerprint density at radius 2 is 1.75 bits per heavy atom. The van der Waals surface area contributed by atoms with Crippen molar-refractivity contribution in [3.8, 4) is 11.3 Å². The molecule has 10 heteroatoms. The highest BCUT2D eigenvalue weighted by Gasteiger charge is 2.09. The van der Waals surface area contributed by atoms with Gasteiger partial charge >= 0.3 is 0 Å². The summed E-state index contributed by atoms with van der Waals surface area (Å²) >= 11 is 1.21. The molecule has 0 saturated carbocycles. The zero-order valence-electron chi connectivity index (χ0n) is 14.1. The zero-order chi connectivity index (χ0) is 20.1. The molecule has 0 saturated heterocycles. The topological polar surface area (TPSA) is 128 Å². The van der Waals surface area contributed by atoms with Gasteiger partial charge in [-0.2, -0.15) is 0 Å². The molecule has 2 aromatic carbocycles. The summed E-state index contributed by atoms with van der Waals surface area (Å²) in [5, 5.41) is 26.2. The molecule has 0 radical (unpaired) electrons. The van der Waals surface area contributed by atoms with Crippen LogP contribution in [-0.2, 0) is 4.79 Å². The number of hydrogen-bond acceptors (Lipinski definition) is 7. The van der Waals surface area contributed by atoms with Crippen molar-refractivity contribution >= 4 is 39.8 Å². The molecule has 0 spiro atoms. The maximum Gasteiger partial charge on any atom is 0.270 e. The van der Waals surface area contributed by atoms with E-state index in [1.807, 2.05) is 0 Å². The molecule has 140 valence electrons. The van der Waals surface area contributed by atoms with E-state index in [2.05, 4.69) is 10.3 Å². The third-order valence-electron chi connectivity index (χ3n) is 3.62. The van der Waals surface area contributed by atoms with Gasteiger partial charge in [0, 0.05) is 41.3 Å². The molecule has 1 heterocycles. The molecule has 9 nitrogen and oxygen atoms in total. The average Bonchev–Trinajstić information content (AvgIpc) is 3.15. The van der Waals surface area contributed by atoms with Gasteiger partial charge in [-0.1, -0.05) is 12.1 Å². The second kappa shape index (κ2) is 8.18. The van der Waals surface area contributed by atoms with E-state index in [0.717, 1.165) is 0 Å². The summed E-state index contributed by atoms with van der Waals surface area (Å²) in [4.78, 5) is 36.8. The summed E-state index contributed by atoms with van der Waals surface area (Å²) in [6, 6.07) is 11.8. The number of amides is 1. The van der Waals surface area contributed by atoms with Gasteiger partial charge in [-0.05, 0) is 23.8 Å². The summed E-state index contributed by atoms with van der Waals surface area (Å²) in [7, 11) is 0. The number of anilines is 1. The Morgan fingerprint density at radius 3 is 2.43 bits per heavy atom. The number of aromatic nitrogens is 1. The monoisotopic (exact) mass is 396 g/mol. The Morgan fingerprint density at radius 1 is 1.04 bits per heavy atom. The number of non-ortho nitro benzene ring substituents is 2. The average molecular weight is 396 g/mol. The fourth-order valence-electron chi connectivity index (χ4n) is 2.28. The first-order valence-electron chi connectivity index (χ1n) is 7.86. The minimum Gasteiger partial charge on any atom is -0.298 e. The first-order chi connectivity index (χ1) is 13.4. The van der Waals surface area contributed by atoms with E-state index in [1.165, 1.54) is 53.8 Å². The fraction of sp³-hybridized carbons (Fsp3) is 0. The molecule has 0 bridgehead atoms. The molecule has 0 unspecified atom stereocenters. The minimum atomic E-state index is -0.507. The lowest BCUT2D eigenvalue weighted by molar-refractivity contribution is -0.385. The number of rotatable bonds is 6. The lowest BCUT2D eigenvalue weighted by atomic mass is 10.1. The number of carbonyl (C=O) groups excluding carboxylic acids is 1. The van der Waals surface area contributed by atoms with E-state index in [1.54, 1.807) is 23.6 Å². The molecule has 3 aromatic rings. The van der Waals surface area contributed by atoms with Gasteiger partial charge in [0.05, 0.1) is 15.5 Å². The number of carbonyl (C=O) groups is 1. The number of nitro groups is 2. The van der Waals surface area contributed by atoms with Crippen molar-refractivity contribution in [3.63, 3.8) is 0 Å². The molecule has 28 heavy (non-hydrogen) atoms. The van der Waals surface area contributed by atoms with E-state index in [4.69, 9.17) is 0 Å². The van der Waals surface area contributed by atoms with Crippen LogP contribution in [0.1, 0.15) is 5.56 Å². The van der Waals surface area contributed by atoms with Crippen molar-refractivity contribution in [3.05, 3.63) is 85.8 Å². The van der Waals surface area contributed by atoms with Crippen LogP contribution in [0.3, 0.4) is 0 Å². The first kappa shape index (κ1) is 18.9. The summed E-state index contributed by atoms with van der Waals surface area (Å²) in [5.41, 5.74) is 1.72. The summed E-state index contributed by atoms with van der Waals surface area (Å²) in [5.74, 6) is -0.434. The van der Waals surface area contributed by atoms with E-state index in [9.17, 15) is 25.0 Å². The van der Waals surface area contributed by atoms with Crippen LogP contribution in [0.15, 0.2) is 60.0 Å². The Labute approximate surface area is 162 Å². The maximum atomic E-state index is 12.0. The third kappa shape index (κ3) is 4.62. The van der Waals surface area contributed by atoms with Gasteiger partial charge in [0.2, 0.25) is 5.91 Å². The Bertz CT molecular complexity index is 1080. The number of nitro benzene ring substituents is 2. The van der Waals surface area contributed by atoms with Crippen LogP contribution < -0.4 is 5.32 Å². The molecule has 1 aromatic heterocycles. The molecule has 0 aliphatic rings. The van der Waals surface area contributed by atoms with Crippen LogP contribution in [-0.4, -0.2) is 20.7 Å². The molecule has 1 amide bonds. The van der Waals surface area contributed by atoms with Gasteiger partial charge in [-0.3, -0.25) is 30.3 Å². The third-order valence-corrected chi connectivity index (χ3v) is 4.37. The maximum absolute atomic E-state index is 12.0. The first-order valence-corrected chi connectivity index (χ1v) is 8.74. The second-order valence-electron chi connectivity index (χ2n) is 5.52. The highest BCUT2D eigenvalue weighted by molar-refractivity contribution is 7.14. The van der Waals surface area contributed by atoms with Crippen molar-refractivity contribution in [2.24, 2.45) is 0 Å². The molecular weight excluding hydrogens is 384 g/mol. The van der Waals surface area contributed by atoms with Gasteiger partial charge < -0.3 is 0 Å². The highest BCUT2D eigenvalue weighted by atomic mass is 32.1. The van der Waals surface area contributed by atoms with E-state index in [-0.39, 0.29) is 11.4 Å². The Kier molecular flexibility index (Phi) is 5.51. The smallest absolute Gasteiger partial charge is 0.270 e. The van der Waals surface area contributed by atoms with Gasteiger partial charge in [0.1, 0.15) is 0 Å². The zero-order valence-corrected chi connectivity index (χ0v) is 15.0. The van der Waals surface area contributed by atoms with E-state index >= 15 is 0 Å². The summed E-state index contributed by atoms with van der Waals surface area (Å²) < 4.78 is 0. The predicted octanol–water partition coefficient (Wildman–Crippen LogP) is 4.28. The normalized spacial score (nSPS) is 10.7. The molecule has 1 N–H and O–H groups in total. The van der Waals surface area contributed by atoms with Crippen molar-refractivity contribution in [2.45, 2.75) is 0 Å². The van der Waals surface area contributed by atoms with Gasteiger partial charge in [0.15, 0.2) is 5.13 Å². The van der Waals surface area contributed by atoms with E-state index in [0.29, 0.717) is 22.0 Å². The minimum absolute atomic E-state index is 0.0150. The Hall–Kier alpha value is -3.92. The van der Waals surface area contributed by atoms with Gasteiger partial charge in [-0.25, -0.2) is 4.98 Å². The van der Waals surface area contributed by atoms with Crippen molar-refractivity contribution in [2.75, 3.05) is 5.32 Å². The fourth-order valence-corrected chi connectivity index (χ4v) is 3.00. The SMILES string of the molecule is O=C(/C=C/c1cccc([N+](=O)[O-])c1)Nc1nc(-c2ccc([N+](=O)[O-])cc2)cs1. The van der Waals surface area contributed by atoms with Gasteiger partial charge in [0.25, 0.3) is 11.4 Å². The largest absolute Gasteiger partial charge is 0.298 e. The second-order valence-corrected chi connectivity index (χ2v) is 6.37. The predicted molar refractivity (Wildman–Crippen MR) is 105 cm³/mol.